The van der Waals surface area contributed by atoms with Crippen molar-refractivity contribution in [3.05, 3.63) is 0 Å². The first-order valence-electron chi connectivity index (χ1n) is 7.37. The molecule has 0 amide bonds. The molecule has 0 spiro atoms. The summed E-state index contributed by atoms with van der Waals surface area (Å²) < 4.78 is 0. The van der Waals surface area contributed by atoms with Crippen LogP contribution in [0.25, 0.3) is 0 Å². The van der Waals surface area contributed by atoms with Gasteiger partial charge in [0.05, 0.1) is 0 Å². The van der Waals surface area contributed by atoms with Gasteiger partial charge in [-0.15, -0.1) is 0 Å². The third-order valence-corrected chi connectivity index (χ3v) is 4.16. The van der Waals surface area contributed by atoms with Crippen molar-refractivity contribution in [1.82, 2.24) is 4.90 Å². The first-order valence-corrected chi connectivity index (χ1v) is 7.37. The number of aldehydes is 1. The van der Waals surface area contributed by atoms with E-state index >= 15 is 0 Å². The Kier molecular flexibility index (Phi) is 6.87. The zero-order valence-corrected chi connectivity index (χ0v) is 12.0. The van der Waals surface area contributed by atoms with E-state index < -0.39 is 0 Å². The van der Waals surface area contributed by atoms with Gasteiger partial charge in [0.15, 0.2) is 0 Å². The van der Waals surface area contributed by atoms with Gasteiger partial charge in [0.2, 0.25) is 0 Å². The molecule has 106 valence electrons. The summed E-state index contributed by atoms with van der Waals surface area (Å²) in [6, 6.07) is 0. The smallest absolute Gasteiger partial charge is 0.127 e. The lowest BCUT2D eigenvalue weighted by molar-refractivity contribution is -0.119. The molecule has 1 N–H and O–H groups in total. The van der Waals surface area contributed by atoms with Crippen LogP contribution in [0.5, 0.6) is 0 Å². The quantitative estimate of drug-likeness (QED) is 0.535. The second-order valence-electron chi connectivity index (χ2n) is 6.20. The van der Waals surface area contributed by atoms with Crippen LogP contribution in [0, 0.1) is 11.3 Å². The third kappa shape index (κ3) is 5.07. The van der Waals surface area contributed by atoms with Crippen molar-refractivity contribution in [1.29, 1.82) is 0 Å². The fourth-order valence-corrected chi connectivity index (χ4v) is 3.28. The van der Waals surface area contributed by atoms with Crippen molar-refractivity contribution >= 4 is 6.29 Å². The van der Waals surface area contributed by atoms with E-state index in [-0.39, 0.29) is 5.41 Å². The van der Waals surface area contributed by atoms with E-state index in [9.17, 15) is 4.79 Å². The van der Waals surface area contributed by atoms with E-state index in [1.807, 2.05) is 0 Å². The highest BCUT2D eigenvalue weighted by Crippen LogP contribution is 2.38. The molecule has 0 bridgehead atoms. The van der Waals surface area contributed by atoms with E-state index in [0.29, 0.717) is 12.5 Å². The maximum Gasteiger partial charge on any atom is 0.127 e. The van der Waals surface area contributed by atoms with Crippen LogP contribution in [0.2, 0.25) is 0 Å². The summed E-state index contributed by atoms with van der Waals surface area (Å²) in [5.41, 5.74) is -0.0939. The summed E-state index contributed by atoms with van der Waals surface area (Å²) >= 11 is 0. The SMILES string of the molecule is CC1CCCC(C=O)(CN(C)CCCCCO)C1. The Morgan fingerprint density at radius 1 is 1.39 bits per heavy atom. The topological polar surface area (TPSA) is 40.5 Å². The van der Waals surface area contributed by atoms with Gasteiger partial charge < -0.3 is 14.8 Å². The molecule has 18 heavy (non-hydrogen) atoms. The van der Waals surface area contributed by atoms with Crippen LogP contribution in [0.1, 0.15) is 51.9 Å². The summed E-state index contributed by atoms with van der Waals surface area (Å²) in [6.45, 7) is 4.49. The van der Waals surface area contributed by atoms with Gasteiger partial charge in [0.1, 0.15) is 6.29 Å². The minimum atomic E-state index is -0.0939. The lowest BCUT2D eigenvalue weighted by Crippen LogP contribution is -2.40. The molecule has 0 aromatic rings. The second kappa shape index (κ2) is 7.90. The summed E-state index contributed by atoms with van der Waals surface area (Å²) in [5.74, 6) is 0.687. The molecule has 3 heteroatoms. The summed E-state index contributed by atoms with van der Waals surface area (Å²) in [6.07, 6.45) is 8.87. The maximum absolute atomic E-state index is 11.5. The minimum absolute atomic E-state index is 0.0939. The van der Waals surface area contributed by atoms with E-state index in [1.165, 1.54) is 19.1 Å². The van der Waals surface area contributed by atoms with Gasteiger partial charge in [-0.3, -0.25) is 0 Å². The van der Waals surface area contributed by atoms with Gasteiger partial charge in [-0.05, 0) is 51.6 Å². The molecular formula is C15H29NO2. The normalized spacial score (nSPS) is 28.6. The predicted molar refractivity (Wildman–Crippen MR) is 74.6 cm³/mol. The van der Waals surface area contributed by atoms with Gasteiger partial charge in [0, 0.05) is 18.6 Å². The van der Waals surface area contributed by atoms with Crippen LogP contribution in [0.15, 0.2) is 0 Å². The number of aliphatic hydroxyl groups excluding tert-OH is 1. The van der Waals surface area contributed by atoms with Gasteiger partial charge in [-0.1, -0.05) is 19.8 Å². The van der Waals surface area contributed by atoms with Crippen molar-refractivity contribution < 1.29 is 9.90 Å². The number of nitrogens with zero attached hydrogens (tertiary/aromatic N) is 1. The highest BCUT2D eigenvalue weighted by atomic mass is 16.2. The first kappa shape index (κ1) is 15.6. The number of hydrogen-bond donors (Lipinski definition) is 1. The maximum atomic E-state index is 11.5. The van der Waals surface area contributed by atoms with Crippen molar-refractivity contribution in [3.8, 4) is 0 Å². The van der Waals surface area contributed by atoms with E-state index in [2.05, 4.69) is 18.9 Å². The fraction of sp³-hybridized carbons (Fsp3) is 0.933. The van der Waals surface area contributed by atoms with Gasteiger partial charge in [0.25, 0.3) is 0 Å². The molecule has 2 atom stereocenters. The number of unbranched alkanes of at least 4 members (excludes halogenated alkanes) is 2. The Labute approximate surface area is 112 Å². The Hall–Kier alpha value is -0.410. The van der Waals surface area contributed by atoms with Crippen molar-refractivity contribution in [2.45, 2.75) is 51.9 Å². The average Bonchev–Trinajstić information content (AvgIpc) is 2.34. The second-order valence-corrected chi connectivity index (χ2v) is 6.20. The molecule has 1 aliphatic carbocycles. The molecular weight excluding hydrogens is 226 g/mol. The third-order valence-electron chi connectivity index (χ3n) is 4.16. The van der Waals surface area contributed by atoms with Crippen LogP contribution >= 0.6 is 0 Å². The van der Waals surface area contributed by atoms with E-state index in [4.69, 9.17) is 5.11 Å². The number of aliphatic hydroxyl groups is 1. The molecule has 0 aromatic heterocycles. The Morgan fingerprint density at radius 2 is 2.17 bits per heavy atom. The van der Waals surface area contributed by atoms with E-state index in [1.54, 1.807) is 0 Å². The van der Waals surface area contributed by atoms with Crippen molar-refractivity contribution in [3.63, 3.8) is 0 Å². The molecule has 0 saturated heterocycles. The molecule has 1 saturated carbocycles. The summed E-state index contributed by atoms with van der Waals surface area (Å²) in [5, 5.41) is 8.74. The Bertz CT molecular complexity index is 245. The highest BCUT2D eigenvalue weighted by molar-refractivity contribution is 5.60. The zero-order chi connectivity index (χ0) is 13.4. The molecule has 1 aliphatic rings. The zero-order valence-electron chi connectivity index (χ0n) is 12.0. The number of rotatable bonds is 8. The van der Waals surface area contributed by atoms with E-state index in [0.717, 1.165) is 45.2 Å². The Balaban J connectivity index is 2.34. The van der Waals surface area contributed by atoms with Crippen LogP contribution < -0.4 is 0 Å². The van der Waals surface area contributed by atoms with Crippen LogP contribution in [0.3, 0.4) is 0 Å². The first-order chi connectivity index (χ1) is 8.62. The monoisotopic (exact) mass is 255 g/mol. The molecule has 3 nitrogen and oxygen atoms in total. The van der Waals surface area contributed by atoms with Crippen molar-refractivity contribution in [2.75, 3.05) is 26.7 Å². The largest absolute Gasteiger partial charge is 0.396 e. The predicted octanol–water partition coefficient (Wildman–Crippen LogP) is 2.48. The molecule has 0 aliphatic heterocycles. The lowest BCUT2D eigenvalue weighted by atomic mass is 9.71. The molecule has 0 aromatic carbocycles. The van der Waals surface area contributed by atoms with Gasteiger partial charge >= 0.3 is 0 Å². The van der Waals surface area contributed by atoms with Crippen LogP contribution in [-0.2, 0) is 4.79 Å². The average molecular weight is 255 g/mol. The van der Waals surface area contributed by atoms with Gasteiger partial charge in [-0.2, -0.15) is 0 Å². The number of carbonyl (C=O) groups is 1. The van der Waals surface area contributed by atoms with Crippen LogP contribution in [0.4, 0.5) is 0 Å². The Morgan fingerprint density at radius 3 is 2.78 bits per heavy atom. The fourth-order valence-electron chi connectivity index (χ4n) is 3.28. The van der Waals surface area contributed by atoms with Crippen LogP contribution in [-0.4, -0.2) is 43.0 Å². The molecule has 0 heterocycles. The molecule has 2 unspecified atom stereocenters. The minimum Gasteiger partial charge on any atom is -0.396 e. The standard InChI is InChI=1S/C15H29NO2/c1-14-7-6-8-15(11-14,13-18)12-16(2)9-4-3-5-10-17/h13-14,17H,3-12H2,1-2H3. The number of hydrogen-bond acceptors (Lipinski definition) is 3. The van der Waals surface area contributed by atoms with Gasteiger partial charge in [-0.25, -0.2) is 0 Å². The highest BCUT2D eigenvalue weighted by Gasteiger charge is 2.35. The lowest BCUT2D eigenvalue weighted by Gasteiger charge is -2.38. The molecule has 0 radical (unpaired) electrons. The molecule has 1 rings (SSSR count). The summed E-state index contributed by atoms with van der Waals surface area (Å²) in [4.78, 5) is 13.8. The molecule has 1 fully saturated rings. The number of carbonyl (C=O) groups excluding carboxylic acids is 1. The van der Waals surface area contributed by atoms with Crippen molar-refractivity contribution in [2.24, 2.45) is 11.3 Å². The summed E-state index contributed by atoms with van der Waals surface area (Å²) in [7, 11) is 2.11.